The lowest BCUT2D eigenvalue weighted by Gasteiger charge is -2.13. The number of carbonyl (C=O) groups is 2. The second-order valence-corrected chi connectivity index (χ2v) is 7.26. The molecule has 3 heterocycles. The van der Waals surface area contributed by atoms with E-state index >= 15 is 0 Å². The number of hydrogen-bond donors (Lipinski definition) is 3. The predicted molar refractivity (Wildman–Crippen MR) is 106 cm³/mol. The first kappa shape index (κ1) is 18.6. The maximum Gasteiger partial charge on any atom is 0.322 e. The van der Waals surface area contributed by atoms with Gasteiger partial charge in [0.15, 0.2) is 0 Å². The van der Waals surface area contributed by atoms with Crippen molar-refractivity contribution in [3.63, 3.8) is 0 Å². The summed E-state index contributed by atoms with van der Waals surface area (Å²) in [5.74, 6) is -2.78. The number of rotatable bonds is 5. The summed E-state index contributed by atoms with van der Waals surface area (Å²) in [4.78, 5) is 44.9. The fourth-order valence-corrected chi connectivity index (χ4v) is 3.94. The zero-order valence-corrected chi connectivity index (χ0v) is 15.6. The van der Waals surface area contributed by atoms with Crippen LogP contribution in [-0.4, -0.2) is 43.2 Å². The molecule has 0 aliphatic rings. The number of carbonyl (C=O) groups excluding carboxylic acids is 1. The van der Waals surface area contributed by atoms with E-state index in [2.05, 4.69) is 15.3 Å². The zero-order valence-electron chi connectivity index (χ0n) is 14.8. The zero-order chi connectivity index (χ0) is 20.5. The molecule has 4 rings (SSSR count). The van der Waals surface area contributed by atoms with Gasteiger partial charge in [-0.2, -0.15) is 0 Å². The van der Waals surface area contributed by atoms with Crippen molar-refractivity contribution in [2.24, 2.45) is 0 Å². The molecular weight excluding hydrogens is 396 g/mol. The minimum atomic E-state index is -1.27. The first-order valence-corrected chi connectivity index (χ1v) is 9.32. The molecular formula is C19H14N4O5S. The van der Waals surface area contributed by atoms with E-state index in [0.717, 1.165) is 10.2 Å². The van der Waals surface area contributed by atoms with Crippen molar-refractivity contribution in [2.75, 3.05) is 6.54 Å². The highest BCUT2D eigenvalue weighted by Gasteiger charge is 2.23. The molecule has 10 heteroatoms. The van der Waals surface area contributed by atoms with Gasteiger partial charge in [-0.25, -0.2) is 9.97 Å². The molecule has 3 aromatic heterocycles. The van der Waals surface area contributed by atoms with Crippen LogP contribution < -0.4 is 10.9 Å². The molecule has 0 aliphatic heterocycles. The molecule has 0 saturated heterocycles. The number of aliphatic carboxylic acids is 1. The second kappa shape index (κ2) is 7.32. The van der Waals surface area contributed by atoms with Crippen molar-refractivity contribution in [1.29, 1.82) is 0 Å². The maximum absolute atomic E-state index is 13.0. The van der Waals surface area contributed by atoms with E-state index in [9.17, 15) is 19.5 Å². The third-order valence-corrected chi connectivity index (χ3v) is 5.27. The summed E-state index contributed by atoms with van der Waals surface area (Å²) in [6, 6.07) is 10.6. The lowest BCUT2D eigenvalue weighted by atomic mass is 10.1. The number of fused-ring (bicyclic) bond motifs is 2. The van der Waals surface area contributed by atoms with E-state index in [1.54, 1.807) is 6.07 Å². The molecule has 0 spiro atoms. The number of carboxylic acids is 1. The quantitative estimate of drug-likeness (QED) is 0.455. The molecule has 0 saturated carbocycles. The summed E-state index contributed by atoms with van der Waals surface area (Å²) in [6.07, 6.45) is 1.47. The number of hydrogen-bond acceptors (Lipinski definition) is 7. The molecule has 0 atom stereocenters. The van der Waals surface area contributed by atoms with E-state index in [4.69, 9.17) is 5.11 Å². The van der Waals surface area contributed by atoms with Crippen molar-refractivity contribution in [3.8, 4) is 5.75 Å². The Kier molecular flexibility index (Phi) is 4.69. The molecule has 1 aromatic carbocycles. The average Bonchev–Trinajstić information content (AvgIpc) is 3.12. The lowest BCUT2D eigenvalue weighted by Crippen LogP contribution is -2.36. The number of pyridine rings is 2. The van der Waals surface area contributed by atoms with Crippen molar-refractivity contribution in [2.45, 2.75) is 6.54 Å². The van der Waals surface area contributed by atoms with Crippen molar-refractivity contribution in [1.82, 2.24) is 19.9 Å². The van der Waals surface area contributed by atoms with Gasteiger partial charge in [0.1, 0.15) is 28.5 Å². The Hall–Kier alpha value is -3.79. The summed E-state index contributed by atoms with van der Waals surface area (Å²) in [7, 11) is 0. The molecule has 4 aromatic rings. The number of aromatic hydroxyl groups is 1. The van der Waals surface area contributed by atoms with Crippen LogP contribution in [0.5, 0.6) is 5.75 Å². The molecule has 146 valence electrons. The lowest BCUT2D eigenvalue weighted by molar-refractivity contribution is -0.135. The van der Waals surface area contributed by atoms with Crippen molar-refractivity contribution in [3.05, 3.63) is 63.5 Å². The van der Waals surface area contributed by atoms with Crippen LogP contribution in [-0.2, 0) is 11.3 Å². The van der Waals surface area contributed by atoms with Crippen LogP contribution in [0.1, 0.15) is 15.4 Å². The van der Waals surface area contributed by atoms with Gasteiger partial charge in [-0.1, -0.05) is 12.1 Å². The van der Waals surface area contributed by atoms with Crippen LogP contribution in [0.15, 0.2) is 47.4 Å². The Morgan fingerprint density at radius 3 is 2.72 bits per heavy atom. The van der Waals surface area contributed by atoms with Gasteiger partial charge in [0.2, 0.25) is 0 Å². The first-order chi connectivity index (χ1) is 14.0. The number of nitrogens with one attached hydrogen (secondary N) is 1. The van der Waals surface area contributed by atoms with Crippen LogP contribution in [0, 0.1) is 0 Å². The smallest absolute Gasteiger partial charge is 0.322 e. The summed E-state index contributed by atoms with van der Waals surface area (Å²) < 4.78 is 2.20. The second-order valence-electron chi connectivity index (χ2n) is 6.14. The van der Waals surface area contributed by atoms with E-state index in [-0.39, 0.29) is 17.6 Å². The van der Waals surface area contributed by atoms with E-state index in [1.165, 1.54) is 28.2 Å². The Morgan fingerprint density at radius 2 is 1.97 bits per heavy atom. The molecule has 0 unspecified atom stereocenters. The number of nitrogens with zero attached hydrogens (tertiary/aromatic N) is 3. The van der Waals surface area contributed by atoms with Gasteiger partial charge in [-0.3, -0.25) is 19.0 Å². The largest absolute Gasteiger partial charge is 0.506 e. The molecule has 0 aliphatic carbocycles. The van der Waals surface area contributed by atoms with E-state index in [1.807, 2.05) is 24.3 Å². The van der Waals surface area contributed by atoms with Crippen LogP contribution in [0.2, 0.25) is 0 Å². The highest BCUT2D eigenvalue weighted by molar-refractivity contribution is 7.18. The number of amides is 1. The standard InChI is InChI=1S/C19H14N4O5S/c24-14(25)8-21-18(27)15-16(26)10-4-3-7-20-17(10)23(19(15)28)9-13-22-11-5-1-2-6-12(11)29-13/h1-7,26H,8-9H2,(H,21,27)(H,24,25). The Morgan fingerprint density at radius 1 is 1.17 bits per heavy atom. The minimum Gasteiger partial charge on any atom is -0.506 e. The fraction of sp³-hybridized carbons (Fsp3) is 0.105. The van der Waals surface area contributed by atoms with Gasteiger partial charge in [-0.15, -0.1) is 11.3 Å². The van der Waals surface area contributed by atoms with Crippen molar-refractivity contribution < 1.29 is 19.8 Å². The monoisotopic (exact) mass is 410 g/mol. The number of aromatic nitrogens is 3. The van der Waals surface area contributed by atoms with Crippen LogP contribution >= 0.6 is 11.3 Å². The van der Waals surface area contributed by atoms with Crippen molar-refractivity contribution >= 4 is 44.5 Å². The molecule has 0 bridgehead atoms. The first-order valence-electron chi connectivity index (χ1n) is 8.50. The average molecular weight is 410 g/mol. The van der Waals surface area contributed by atoms with Gasteiger partial charge >= 0.3 is 5.97 Å². The third-order valence-electron chi connectivity index (χ3n) is 4.25. The molecule has 0 fully saturated rings. The summed E-state index contributed by atoms with van der Waals surface area (Å²) in [5.41, 5.74) is -0.330. The normalized spacial score (nSPS) is 11.0. The van der Waals surface area contributed by atoms with Gasteiger partial charge in [-0.05, 0) is 24.3 Å². The SMILES string of the molecule is O=C(O)CNC(=O)c1c(O)c2cccnc2n(Cc2nc3ccccc3s2)c1=O. The molecule has 9 nitrogen and oxygen atoms in total. The highest BCUT2D eigenvalue weighted by Crippen LogP contribution is 2.27. The number of para-hydroxylation sites is 1. The predicted octanol–water partition coefficient (Wildman–Crippen LogP) is 1.57. The van der Waals surface area contributed by atoms with Gasteiger partial charge in [0, 0.05) is 6.20 Å². The molecule has 0 radical (unpaired) electrons. The summed E-state index contributed by atoms with van der Waals surface area (Å²) in [6.45, 7) is -0.633. The summed E-state index contributed by atoms with van der Waals surface area (Å²) >= 11 is 1.40. The summed E-state index contributed by atoms with van der Waals surface area (Å²) in [5, 5.41) is 22.2. The fourth-order valence-electron chi connectivity index (χ4n) is 2.98. The maximum atomic E-state index is 13.0. The third kappa shape index (κ3) is 3.41. The number of carboxylic acid groups (broad SMARTS) is 1. The molecule has 3 N–H and O–H groups in total. The van der Waals surface area contributed by atoms with Crippen LogP contribution in [0.4, 0.5) is 0 Å². The number of benzene rings is 1. The van der Waals surface area contributed by atoms with Gasteiger partial charge < -0.3 is 15.5 Å². The van der Waals surface area contributed by atoms with E-state index in [0.29, 0.717) is 5.01 Å². The van der Waals surface area contributed by atoms with Gasteiger partial charge in [0.05, 0.1) is 22.1 Å². The van der Waals surface area contributed by atoms with E-state index < -0.39 is 35.3 Å². The Bertz CT molecular complexity index is 1290. The molecule has 1 amide bonds. The Labute approximate surface area is 166 Å². The molecule has 29 heavy (non-hydrogen) atoms. The van der Waals surface area contributed by atoms with Gasteiger partial charge in [0.25, 0.3) is 11.5 Å². The Balaban J connectivity index is 1.87. The van der Waals surface area contributed by atoms with Crippen LogP contribution in [0.3, 0.4) is 0 Å². The minimum absolute atomic E-state index is 0.0468. The topological polar surface area (TPSA) is 134 Å². The van der Waals surface area contributed by atoms with Crippen LogP contribution in [0.25, 0.3) is 21.3 Å². The number of thiazole rings is 1. The highest BCUT2D eigenvalue weighted by atomic mass is 32.1.